The van der Waals surface area contributed by atoms with Crippen molar-refractivity contribution in [3.8, 4) is 0 Å². The predicted molar refractivity (Wildman–Crippen MR) is 66.8 cm³/mol. The minimum atomic E-state index is 0.0852. The van der Waals surface area contributed by atoms with Gasteiger partial charge in [-0.25, -0.2) is 9.97 Å². The topological polar surface area (TPSA) is 37.8 Å². The molecule has 6 heteroatoms. The van der Waals surface area contributed by atoms with Gasteiger partial charge in [-0.05, 0) is 23.7 Å². The maximum absolute atomic E-state index is 5.98. The highest BCUT2D eigenvalue weighted by atomic mass is 35.5. The molecule has 0 aliphatic rings. The fourth-order valence-electron chi connectivity index (χ4n) is 1.15. The molecule has 0 aliphatic carbocycles. The first-order valence-corrected chi connectivity index (χ1v) is 5.50. The summed E-state index contributed by atoms with van der Waals surface area (Å²) in [5, 5.41) is 3.95. The van der Waals surface area contributed by atoms with E-state index in [1.54, 1.807) is 12.1 Å². The number of hydrogen-bond acceptors (Lipinski definition) is 3. The number of nitrogens with one attached hydrogen (secondary N) is 1. The second-order valence-electron chi connectivity index (χ2n) is 2.95. The van der Waals surface area contributed by atoms with E-state index in [1.807, 2.05) is 18.2 Å². The van der Waals surface area contributed by atoms with Crippen LogP contribution >= 0.6 is 34.8 Å². The Labute approximate surface area is 107 Å². The molecule has 1 heterocycles. The molecule has 2 rings (SSSR count). The second kappa shape index (κ2) is 4.87. The Morgan fingerprint density at radius 2 is 1.75 bits per heavy atom. The van der Waals surface area contributed by atoms with Crippen molar-refractivity contribution in [2.24, 2.45) is 0 Å². The number of anilines is 2. The smallest absolute Gasteiger partial charge is 0.225 e. The van der Waals surface area contributed by atoms with Gasteiger partial charge in [0.2, 0.25) is 5.28 Å². The predicted octanol–water partition coefficient (Wildman–Crippen LogP) is 4.18. The Balaban J connectivity index is 2.30. The van der Waals surface area contributed by atoms with E-state index in [0.717, 1.165) is 5.69 Å². The Hall–Kier alpha value is -1.03. The molecule has 16 heavy (non-hydrogen) atoms. The summed E-state index contributed by atoms with van der Waals surface area (Å²) in [5.74, 6) is 0.498. The van der Waals surface area contributed by atoms with Crippen molar-refractivity contribution in [3.05, 3.63) is 45.8 Å². The summed E-state index contributed by atoms with van der Waals surface area (Å²) < 4.78 is 0. The zero-order valence-corrected chi connectivity index (χ0v) is 10.2. The molecule has 0 saturated heterocycles. The molecule has 0 unspecified atom stereocenters. The molecule has 0 fully saturated rings. The van der Waals surface area contributed by atoms with E-state index in [-0.39, 0.29) is 10.4 Å². The van der Waals surface area contributed by atoms with Gasteiger partial charge in [0.05, 0.1) is 10.7 Å². The van der Waals surface area contributed by atoms with Crippen LogP contribution in [0.2, 0.25) is 15.5 Å². The van der Waals surface area contributed by atoms with Crippen LogP contribution in [0.25, 0.3) is 0 Å². The van der Waals surface area contributed by atoms with Gasteiger partial charge in [0.15, 0.2) is 0 Å². The number of halogens is 3. The summed E-state index contributed by atoms with van der Waals surface area (Å²) in [5.41, 5.74) is 0.731. The van der Waals surface area contributed by atoms with Gasteiger partial charge in [-0.2, -0.15) is 0 Å². The van der Waals surface area contributed by atoms with Crippen molar-refractivity contribution < 1.29 is 0 Å². The zero-order valence-electron chi connectivity index (χ0n) is 7.92. The van der Waals surface area contributed by atoms with Crippen LogP contribution in [0.3, 0.4) is 0 Å². The van der Waals surface area contributed by atoms with Crippen molar-refractivity contribution in [1.29, 1.82) is 0 Å². The number of nitrogens with zero attached hydrogens (tertiary/aromatic N) is 2. The molecule has 1 aromatic heterocycles. The summed E-state index contributed by atoms with van der Waals surface area (Å²) in [7, 11) is 0. The van der Waals surface area contributed by atoms with Crippen LogP contribution in [0.4, 0.5) is 11.5 Å². The second-order valence-corrected chi connectivity index (χ2v) is 4.08. The first-order valence-electron chi connectivity index (χ1n) is 4.37. The van der Waals surface area contributed by atoms with Crippen molar-refractivity contribution in [3.63, 3.8) is 0 Å². The van der Waals surface area contributed by atoms with Crippen LogP contribution < -0.4 is 5.32 Å². The summed E-state index contributed by atoms with van der Waals surface area (Å²) in [6.45, 7) is 0. The Kier molecular flexibility index (Phi) is 3.49. The van der Waals surface area contributed by atoms with Crippen LogP contribution in [0.1, 0.15) is 0 Å². The molecule has 0 atom stereocenters. The van der Waals surface area contributed by atoms with Crippen LogP contribution in [0, 0.1) is 0 Å². The molecular formula is C10H6Cl3N3. The van der Waals surface area contributed by atoms with E-state index < -0.39 is 0 Å². The van der Waals surface area contributed by atoms with E-state index in [0.29, 0.717) is 10.8 Å². The lowest BCUT2D eigenvalue weighted by molar-refractivity contribution is 1.17. The fraction of sp³-hybridized carbons (Fsp3) is 0. The summed E-state index contributed by atoms with van der Waals surface area (Å²) >= 11 is 17.4. The molecule has 2 aromatic rings. The third-order valence-corrected chi connectivity index (χ3v) is 2.50. The molecular weight excluding hydrogens is 268 g/mol. The van der Waals surface area contributed by atoms with Gasteiger partial charge in [0, 0.05) is 6.07 Å². The monoisotopic (exact) mass is 273 g/mol. The average molecular weight is 275 g/mol. The maximum atomic E-state index is 5.98. The molecule has 82 valence electrons. The highest BCUT2D eigenvalue weighted by Crippen LogP contribution is 2.25. The first-order chi connectivity index (χ1) is 7.65. The standard InChI is InChI=1S/C10H6Cl3N3/c11-6-3-1-2-4-7(6)14-9-5-8(12)15-10(13)16-9/h1-5H,(H,14,15,16). The van der Waals surface area contributed by atoms with E-state index in [2.05, 4.69) is 15.3 Å². The van der Waals surface area contributed by atoms with Gasteiger partial charge >= 0.3 is 0 Å². The molecule has 1 N–H and O–H groups in total. The van der Waals surface area contributed by atoms with Gasteiger partial charge < -0.3 is 5.32 Å². The van der Waals surface area contributed by atoms with E-state index in [9.17, 15) is 0 Å². The molecule has 0 amide bonds. The van der Waals surface area contributed by atoms with Crippen molar-refractivity contribution in [2.45, 2.75) is 0 Å². The van der Waals surface area contributed by atoms with Crippen LogP contribution in [0.5, 0.6) is 0 Å². The molecule has 0 bridgehead atoms. The average Bonchev–Trinajstić information content (AvgIpc) is 2.20. The zero-order chi connectivity index (χ0) is 11.5. The third-order valence-electron chi connectivity index (χ3n) is 1.80. The highest BCUT2D eigenvalue weighted by molar-refractivity contribution is 6.33. The lowest BCUT2D eigenvalue weighted by Crippen LogP contribution is -1.95. The summed E-state index contributed by atoms with van der Waals surface area (Å²) in [6.07, 6.45) is 0. The molecule has 0 aliphatic heterocycles. The van der Waals surface area contributed by atoms with Crippen LogP contribution in [-0.2, 0) is 0 Å². The van der Waals surface area contributed by atoms with Gasteiger partial charge in [-0.1, -0.05) is 35.3 Å². The van der Waals surface area contributed by atoms with Crippen molar-refractivity contribution in [1.82, 2.24) is 9.97 Å². The van der Waals surface area contributed by atoms with Crippen LogP contribution in [-0.4, -0.2) is 9.97 Å². The summed E-state index contributed by atoms with van der Waals surface area (Å²) in [6, 6.07) is 8.86. The largest absolute Gasteiger partial charge is 0.339 e. The number of rotatable bonds is 2. The minimum Gasteiger partial charge on any atom is -0.339 e. The normalized spacial score (nSPS) is 10.2. The number of benzene rings is 1. The quantitative estimate of drug-likeness (QED) is 0.659. The number of hydrogen-bond donors (Lipinski definition) is 1. The van der Waals surface area contributed by atoms with Gasteiger partial charge in [-0.3, -0.25) is 0 Å². The van der Waals surface area contributed by atoms with Gasteiger partial charge in [0.1, 0.15) is 11.0 Å². The first kappa shape index (κ1) is 11.5. The number of para-hydroxylation sites is 1. The van der Waals surface area contributed by atoms with Crippen molar-refractivity contribution >= 4 is 46.3 Å². The Morgan fingerprint density at radius 1 is 1.00 bits per heavy atom. The summed E-state index contributed by atoms with van der Waals surface area (Å²) in [4.78, 5) is 7.72. The Bertz CT molecular complexity index is 496. The minimum absolute atomic E-state index is 0.0852. The molecule has 0 radical (unpaired) electrons. The highest BCUT2D eigenvalue weighted by Gasteiger charge is 2.03. The van der Waals surface area contributed by atoms with Gasteiger partial charge in [-0.15, -0.1) is 0 Å². The van der Waals surface area contributed by atoms with E-state index in [4.69, 9.17) is 34.8 Å². The van der Waals surface area contributed by atoms with Gasteiger partial charge in [0.25, 0.3) is 0 Å². The molecule has 0 spiro atoms. The fourth-order valence-corrected chi connectivity index (χ4v) is 1.75. The number of aromatic nitrogens is 2. The molecule has 1 aromatic carbocycles. The third kappa shape index (κ3) is 2.76. The lowest BCUT2D eigenvalue weighted by Gasteiger charge is -2.07. The SMILES string of the molecule is Clc1cc(Nc2ccccc2Cl)nc(Cl)n1. The van der Waals surface area contributed by atoms with E-state index in [1.165, 1.54) is 0 Å². The lowest BCUT2D eigenvalue weighted by atomic mass is 10.3. The van der Waals surface area contributed by atoms with E-state index >= 15 is 0 Å². The van der Waals surface area contributed by atoms with Crippen molar-refractivity contribution in [2.75, 3.05) is 5.32 Å². The Morgan fingerprint density at radius 3 is 2.44 bits per heavy atom. The maximum Gasteiger partial charge on any atom is 0.225 e. The van der Waals surface area contributed by atoms with Crippen LogP contribution in [0.15, 0.2) is 30.3 Å². The molecule has 0 saturated carbocycles. The molecule has 3 nitrogen and oxygen atoms in total.